The lowest BCUT2D eigenvalue weighted by atomic mass is 9.94. The maximum absolute atomic E-state index is 13.7. The van der Waals surface area contributed by atoms with Crippen LogP contribution in [0, 0.1) is 0 Å². The molecule has 1 aromatic rings. The average molecular weight is 452 g/mol. The number of aliphatic hydroxyl groups excluding tert-OH is 2. The zero-order valence-electron chi connectivity index (χ0n) is 16.2. The lowest BCUT2D eigenvalue weighted by Crippen LogP contribution is -2.63. The Morgan fingerprint density at radius 2 is 1.87 bits per heavy atom. The Balaban J connectivity index is 1.70. The van der Waals surface area contributed by atoms with Crippen molar-refractivity contribution in [2.24, 2.45) is 4.99 Å². The highest BCUT2D eigenvalue weighted by atomic mass is 32.2. The molecule has 0 aromatic heterocycles. The fourth-order valence-electron chi connectivity index (χ4n) is 3.43. The van der Waals surface area contributed by atoms with E-state index in [1.807, 2.05) is 0 Å². The summed E-state index contributed by atoms with van der Waals surface area (Å²) < 4.78 is 64.0. The molecule has 3 N–H and O–H groups in total. The Morgan fingerprint density at radius 3 is 2.47 bits per heavy atom. The number of aliphatic imine (C=N–C) groups is 1. The molecular formula is C19H24F4N2O4S. The van der Waals surface area contributed by atoms with Crippen LogP contribution in [0.1, 0.15) is 17.5 Å². The highest BCUT2D eigenvalue weighted by Crippen LogP contribution is 2.39. The maximum Gasteiger partial charge on any atom is 0.417 e. The molecule has 6 nitrogen and oxygen atoms in total. The molecule has 0 aliphatic carbocycles. The van der Waals surface area contributed by atoms with Crippen LogP contribution >= 0.6 is 11.8 Å². The maximum atomic E-state index is 13.7. The van der Waals surface area contributed by atoms with Crippen LogP contribution in [0.25, 0.3) is 0 Å². The van der Waals surface area contributed by atoms with Gasteiger partial charge in [0.25, 0.3) is 0 Å². The van der Waals surface area contributed by atoms with Gasteiger partial charge < -0.3 is 25.0 Å². The van der Waals surface area contributed by atoms with Gasteiger partial charge in [0.1, 0.15) is 23.7 Å². The third-order valence-electron chi connectivity index (χ3n) is 5.03. The number of aliphatic hydroxyl groups is 2. The van der Waals surface area contributed by atoms with E-state index in [0.29, 0.717) is 23.6 Å². The van der Waals surface area contributed by atoms with Gasteiger partial charge in [-0.15, -0.1) is 0 Å². The number of ether oxygens (including phenoxy) is 2. The second-order valence-electron chi connectivity index (χ2n) is 7.15. The van der Waals surface area contributed by atoms with E-state index < -0.39 is 48.7 Å². The van der Waals surface area contributed by atoms with Crippen molar-refractivity contribution in [3.8, 4) is 0 Å². The summed E-state index contributed by atoms with van der Waals surface area (Å²) in [5.74, 6) is 0. The van der Waals surface area contributed by atoms with E-state index in [1.165, 1.54) is 7.05 Å². The first-order valence-electron chi connectivity index (χ1n) is 9.48. The topological polar surface area (TPSA) is 83.3 Å². The summed E-state index contributed by atoms with van der Waals surface area (Å²) in [6.45, 7) is -0.799. The summed E-state index contributed by atoms with van der Waals surface area (Å²) >= 11 is 1.05. The van der Waals surface area contributed by atoms with Gasteiger partial charge in [-0.25, -0.2) is 0 Å². The molecule has 2 saturated heterocycles. The molecule has 0 bridgehead atoms. The predicted octanol–water partition coefficient (Wildman–Crippen LogP) is 2.17. The Morgan fingerprint density at radius 1 is 1.20 bits per heavy atom. The SMILES string of the molecule is CN=C1NC2C(OC(C(OCc3ccc(CCCF)cc3)C(F)(F)F)C(O)C2O)S1. The van der Waals surface area contributed by atoms with E-state index in [-0.39, 0.29) is 6.61 Å². The number of amidine groups is 1. The molecule has 2 fully saturated rings. The van der Waals surface area contributed by atoms with Crippen LogP contribution in [-0.2, 0) is 22.5 Å². The molecule has 2 aliphatic rings. The largest absolute Gasteiger partial charge is 0.417 e. The molecule has 1 aromatic carbocycles. The molecule has 0 spiro atoms. The van der Waals surface area contributed by atoms with Crippen LogP contribution in [0.15, 0.2) is 29.3 Å². The number of hydrogen-bond acceptors (Lipinski definition) is 6. The van der Waals surface area contributed by atoms with E-state index in [2.05, 4.69) is 10.3 Å². The molecule has 2 aliphatic heterocycles. The van der Waals surface area contributed by atoms with Gasteiger partial charge in [0, 0.05) is 7.05 Å². The third-order valence-corrected chi connectivity index (χ3v) is 6.19. The molecule has 0 saturated carbocycles. The van der Waals surface area contributed by atoms with E-state index >= 15 is 0 Å². The van der Waals surface area contributed by atoms with Crippen molar-refractivity contribution in [2.75, 3.05) is 13.7 Å². The summed E-state index contributed by atoms with van der Waals surface area (Å²) in [4.78, 5) is 3.91. The summed E-state index contributed by atoms with van der Waals surface area (Å²) in [6.07, 6.45) is -11.4. The number of nitrogens with one attached hydrogen (secondary N) is 1. The van der Waals surface area contributed by atoms with Gasteiger partial charge in [-0.05, 0) is 24.0 Å². The van der Waals surface area contributed by atoms with E-state index in [9.17, 15) is 27.8 Å². The van der Waals surface area contributed by atoms with Crippen LogP contribution in [0.2, 0.25) is 0 Å². The molecule has 3 rings (SSSR count). The van der Waals surface area contributed by atoms with Crippen molar-refractivity contribution < 1.29 is 37.2 Å². The number of alkyl halides is 4. The van der Waals surface area contributed by atoms with Gasteiger partial charge in [0.15, 0.2) is 11.3 Å². The van der Waals surface area contributed by atoms with Crippen molar-refractivity contribution >= 4 is 16.9 Å². The van der Waals surface area contributed by atoms with Crippen LogP contribution < -0.4 is 5.32 Å². The van der Waals surface area contributed by atoms with Crippen molar-refractivity contribution in [3.05, 3.63) is 35.4 Å². The molecule has 0 amide bonds. The number of hydrogen-bond donors (Lipinski definition) is 3. The lowest BCUT2D eigenvalue weighted by molar-refractivity contribution is -0.287. The van der Waals surface area contributed by atoms with Gasteiger partial charge in [0.2, 0.25) is 0 Å². The number of halogens is 4. The number of nitrogens with zero attached hydrogens (tertiary/aromatic N) is 1. The minimum Gasteiger partial charge on any atom is -0.388 e. The van der Waals surface area contributed by atoms with Crippen molar-refractivity contribution in [1.82, 2.24) is 5.32 Å². The van der Waals surface area contributed by atoms with E-state index in [1.54, 1.807) is 24.3 Å². The normalized spacial score (nSPS) is 31.4. The number of fused-ring (bicyclic) bond motifs is 1. The van der Waals surface area contributed by atoms with Crippen LogP contribution in [0.4, 0.5) is 17.6 Å². The molecule has 30 heavy (non-hydrogen) atoms. The minimum atomic E-state index is -4.82. The van der Waals surface area contributed by atoms with Gasteiger partial charge in [-0.2, -0.15) is 13.2 Å². The first-order valence-corrected chi connectivity index (χ1v) is 10.4. The smallest absolute Gasteiger partial charge is 0.388 e. The van der Waals surface area contributed by atoms with Crippen LogP contribution in [-0.4, -0.2) is 71.2 Å². The highest BCUT2D eigenvalue weighted by Gasteiger charge is 2.57. The second-order valence-corrected chi connectivity index (χ2v) is 8.24. The zero-order chi connectivity index (χ0) is 21.9. The van der Waals surface area contributed by atoms with Gasteiger partial charge in [0.05, 0.1) is 19.3 Å². The number of benzene rings is 1. The van der Waals surface area contributed by atoms with Gasteiger partial charge in [-0.1, -0.05) is 36.0 Å². The molecule has 168 valence electrons. The molecular weight excluding hydrogens is 428 g/mol. The first-order chi connectivity index (χ1) is 14.2. The molecule has 0 radical (unpaired) electrons. The molecule has 6 atom stereocenters. The Kier molecular flexibility index (Phi) is 7.61. The molecule has 2 heterocycles. The summed E-state index contributed by atoms with van der Waals surface area (Å²) in [7, 11) is 1.50. The fourth-order valence-corrected chi connectivity index (χ4v) is 4.52. The summed E-state index contributed by atoms with van der Waals surface area (Å²) in [5, 5.41) is 23.9. The van der Waals surface area contributed by atoms with Crippen LogP contribution in [0.5, 0.6) is 0 Å². The standard InChI is InChI=1S/C19H24F4N2O4S/c1-24-18-25-12-13(26)14(27)15(29-17(12)30-18)16(19(21,22)23)28-9-11-6-4-10(5-7-11)3-2-8-20/h4-7,12-17,26-27H,2-3,8-9H2,1H3,(H,24,25). The van der Waals surface area contributed by atoms with Gasteiger partial charge >= 0.3 is 6.18 Å². The molecule has 6 unspecified atom stereocenters. The van der Waals surface area contributed by atoms with Crippen LogP contribution in [0.3, 0.4) is 0 Å². The van der Waals surface area contributed by atoms with E-state index in [0.717, 1.165) is 17.3 Å². The van der Waals surface area contributed by atoms with E-state index in [4.69, 9.17) is 9.47 Å². The Labute approximate surface area is 175 Å². The van der Waals surface area contributed by atoms with Gasteiger partial charge in [-0.3, -0.25) is 9.38 Å². The van der Waals surface area contributed by atoms with Crippen molar-refractivity contribution in [3.63, 3.8) is 0 Å². The number of aryl methyl sites for hydroxylation is 1. The average Bonchev–Trinajstić information content (AvgIpc) is 3.13. The molecule has 11 heteroatoms. The van der Waals surface area contributed by atoms with Crippen molar-refractivity contribution in [2.45, 2.75) is 61.5 Å². The predicted molar refractivity (Wildman–Crippen MR) is 104 cm³/mol. The first kappa shape index (κ1) is 23.3. The number of rotatable bonds is 7. The summed E-state index contributed by atoms with van der Waals surface area (Å²) in [6, 6.07) is 5.88. The Hall–Kier alpha value is -1.40. The zero-order valence-corrected chi connectivity index (χ0v) is 17.0. The third kappa shape index (κ3) is 5.25. The lowest BCUT2D eigenvalue weighted by Gasteiger charge is -2.42. The number of thioether (sulfide) groups is 1. The quantitative estimate of drug-likeness (QED) is 0.550. The summed E-state index contributed by atoms with van der Waals surface area (Å²) in [5.41, 5.74) is 0.535. The fraction of sp³-hybridized carbons (Fsp3) is 0.632. The highest BCUT2D eigenvalue weighted by molar-refractivity contribution is 8.14. The second kappa shape index (κ2) is 9.82. The minimum absolute atomic E-state index is 0.364. The van der Waals surface area contributed by atoms with Crippen molar-refractivity contribution in [1.29, 1.82) is 0 Å². The Bertz CT molecular complexity index is 734. The monoisotopic (exact) mass is 452 g/mol.